The Kier molecular flexibility index (Phi) is 6.98. The third kappa shape index (κ3) is 4.44. The molecule has 5 heteroatoms. The van der Waals surface area contributed by atoms with E-state index >= 15 is 0 Å². The molecule has 1 aromatic heterocycles. The molecule has 1 fully saturated rings. The minimum Gasteiger partial charge on any atom is -0.457 e. The number of carbonyl (C=O) groups excluding carboxylic acids is 2. The van der Waals surface area contributed by atoms with Gasteiger partial charge in [0.05, 0.1) is 17.2 Å². The van der Waals surface area contributed by atoms with Crippen LogP contribution < -0.4 is 0 Å². The molecule has 0 bridgehead atoms. The van der Waals surface area contributed by atoms with E-state index in [0.717, 1.165) is 5.57 Å². The fourth-order valence-corrected chi connectivity index (χ4v) is 3.32. The topological polar surface area (TPSA) is 43.4 Å². The monoisotopic (exact) mass is 380 g/mol. The first-order valence-corrected chi connectivity index (χ1v) is 8.29. The maximum Gasteiger partial charge on any atom is 0.307 e. The third-order valence-corrected chi connectivity index (χ3v) is 4.57. The van der Waals surface area contributed by atoms with Crippen LogP contribution in [0.2, 0.25) is 0 Å². The first-order chi connectivity index (χ1) is 11.3. The van der Waals surface area contributed by atoms with Gasteiger partial charge in [-0.3, -0.25) is 9.59 Å². The minimum absolute atomic E-state index is 0. The Hall–Kier alpha value is -1.68. The average molecular weight is 380 g/mol. The summed E-state index contributed by atoms with van der Waals surface area (Å²) in [5.41, 5.74) is 0.899. The van der Waals surface area contributed by atoms with Crippen LogP contribution in [0.4, 0.5) is 0 Å². The van der Waals surface area contributed by atoms with Gasteiger partial charge in [-0.2, -0.15) is 0 Å². The van der Waals surface area contributed by atoms with Crippen molar-refractivity contribution in [1.29, 1.82) is 0 Å². The number of hydrogen-bond acceptors (Lipinski definition) is 4. The summed E-state index contributed by atoms with van der Waals surface area (Å²) in [5.74, 6) is -0.684. The molecule has 3 aliphatic rings. The number of thiophene rings is 1. The minimum atomic E-state index is -0.429. The van der Waals surface area contributed by atoms with Crippen LogP contribution in [-0.2, 0) is 26.6 Å². The van der Waals surface area contributed by atoms with E-state index in [0.29, 0.717) is 4.88 Å². The van der Waals surface area contributed by atoms with Gasteiger partial charge in [0.15, 0.2) is 5.78 Å². The number of cyclic esters (lactones) is 1. The molecule has 2 atom stereocenters. The first-order valence-electron chi connectivity index (χ1n) is 7.41. The Labute approximate surface area is 156 Å². The standard InChI is InChI=1S/C14H11O3S.C5H5.Fe/c15-12-8-10(13(16)11-6-3-7-18-11)14(17-12)9-4-1-2-5-9;1-2-4-5-3-1;/h1-7,10,14H,8H2;1-5H;/t10-,14-;;/m0../s1. The molecule has 0 spiro atoms. The van der Waals surface area contributed by atoms with Crippen molar-refractivity contribution < 1.29 is 31.4 Å². The third-order valence-electron chi connectivity index (χ3n) is 3.68. The summed E-state index contributed by atoms with van der Waals surface area (Å²) in [5, 5.41) is 1.86. The van der Waals surface area contributed by atoms with Crippen molar-refractivity contribution in [2.75, 3.05) is 0 Å². The van der Waals surface area contributed by atoms with Crippen LogP contribution >= 0.6 is 11.3 Å². The zero-order valence-corrected chi connectivity index (χ0v) is 14.7. The quantitative estimate of drug-likeness (QED) is 0.454. The Morgan fingerprint density at radius 1 is 1.12 bits per heavy atom. The molecule has 2 heterocycles. The Balaban J connectivity index is 0.000000300. The van der Waals surface area contributed by atoms with Gasteiger partial charge in [0, 0.05) is 29.9 Å². The number of carbonyl (C=O) groups is 2. The van der Waals surface area contributed by atoms with Crippen molar-refractivity contribution in [3.63, 3.8) is 0 Å². The summed E-state index contributed by atoms with van der Waals surface area (Å²) in [6, 6.07) is 3.63. The maximum atomic E-state index is 12.3. The Morgan fingerprint density at radius 2 is 1.92 bits per heavy atom. The molecule has 4 rings (SSSR count). The molecule has 0 aromatic carbocycles. The second kappa shape index (κ2) is 8.97. The van der Waals surface area contributed by atoms with Crippen molar-refractivity contribution >= 4 is 23.1 Å². The van der Waals surface area contributed by atoms with Gasteiger partial charge >= 0.3 is 5.97 Å². The largest absolute Gasteiger partial charge is 0.457 e. The molecule has 24 heavy (non-hydrogen) atoms. The van der Waals surface area contributed by atoms with E-state index in [1.54, 1.807) is 6.07 Å². The molecule has 1 saturated heterocycles. The molecule has 2 aliphatic carbocycles. The van der Waals surface area contributed by atoms with E-state index in [9.17, 15) is 9.59 Å². The molecule has 0 saturated carbocycles. The number of allylic oxidation sites excluding steroid dienone is 6. The molecule has 0 N–H and O–H groups in total. The molecule has 0 amide bonds. The zero-order valence-electron chi connectivity index (χ0n) is 12.8. The van der Waals surface area contributed by atoms with Crippen LogP contribution in [0.3, 0.4) is 0 Å². The fourth-order valence-electron chi connectivity index (χ4n) is 2.59. The van der Waals surface area contributed by atoms with E-state index < -0.39 is 12.0 Å². The fraction of sp³-hybridized carbons (Fsp3) is 0.158. The van der Waals surface area contributed by atoms with Gasteiger partial charge in [-0.15, -0.1) is 11.3 Å². The summed E-state index contributed by atoms with van der Waals surface area (Å²) in [6.45, 7) is 0. The number of hydrogen-bond donors (Lipinski definition) is 0. The van der Waals surface area contributed by atoms with Crippen LogP contribution in [0.15, 0.2) is 65.6 Å². The molecular weight excluding hydrogens is 364 g/mol. The van der Waals surface area contributed by atoms with Crippen molar-refractivity contribution in [3.05, 3.63) is 83.3 Å². The SMILES string of the molecule is O=C1C[C@@H](C(=O)c2cccs2)[C@H](C2=C[CH]C=C2)O1.[CH]1C=CC=C1.[Fe]. The molecule has 124 valence electrons. The number of rotatable bonds is 3. The van der Waals surface area contributed by atoms with E-state index in [4.69, 9.17) is 4.74 Å². The average Bonchev–Trinajstić information content (AvgIpc) is 3.34. The van der Waals surface area contributed by atoms with Crippen LogP contribution in [0, 0.1) is 18.8 Å². The smallest absolute Gasteiger partial charge is 0.307 e. The van der Waals surface area contributed by atoms with E-state index in [1.165, 1.54) is 11.3 Å². The van der Waals surface area contributed by atoms with Gasteiger partial charge in [-0.25, -0.2) is 0 Å². The van der Waals surface area contributed by atoms with E-state index in [-0.39, 0.29) is 35.2 Å². The normalized spacial score (nSPS) is 23.3. The van der Waals surface area contributed by atoms with Gasteiger partial charge in [-0.1, -0.05) is 48.6 Å². The summed E-state index contributed by atoms with van der Waals surface area (Å²) >= 11 is 1.40. The van der Waals surface area contributed by atoms with Crippen LogP contribution in [0.5, 0.6) is 0 Å². The summed E-state index contributed by atoms with van der Waals surface area (Å²) in [7, 11) is 0. The van der Waals surface area contributed by atoms with Gasteiger partial charge in [0.25, 0.3) is 0 Å². The molecule has 2 radical (unpaired) electrons. The molecule has 0 unspecified atom stereocenters. The predicted molar refractivity (Wildman–Crippen MR) is 90.7 cm³/mol. The second-order valence-corrected chi connectivity index (χ2v) is 6.19. The molecular formula is C19H16FeO3S. The van der Waals surface area contributed by atoms with Gasteiger partial charge in [0.1, 0.15) is 6.10 Å². The second-order valence-electron chi connectivity index (χ2n) is 5.24. The van der Waals surface area contributed by atoms with Gasteiger partial charge < -0.3 is 4.74 Å². The maximum absolute atomic E-state index is 12.3. The van der Waals surface area contributed by atoms with Crippen LogP contribution in [0.1, 0.15) is 16.1 Å². The molecule has 1 aromatic rings. The summed E-state index contributed by atoms with van der Waals surface area (Å²) in [4.78, 5) is 24.5. The van der Waals surface area contributed by atoms with E-state index in [2.05, 4.69) is 0 Å². The number of esters is 1. The first kappa shape index (κ1) is 18.7. The summed E-state index contributed by atoms with van der Waals surface area (Å²) < 4.78 is 5.28. The molecule has 3 nitrogen and oxygen atoms in total. The zero-order chi connectivity index (χ0) is 16.1. The number of Topliss-reactive ketones (excluding diaryl/α,β-unsaturated/α-hetero) is 1. The number of ketones is 1. The van der Waals surface area contributed by atoms with Crippen molar-refractivity contribution in [2.45, 2.75) is 12.5 Å². The van der Waals surface area contributed by atoms with Crippen molar-refractivity contribution in [1.82, 2.24) is 0 Å². The summed E-state index contributed by atoms with van der Waals surface area (Å²) in [6.07, 6.45) is 17.3. The van der Waals surface area contributed by atoms with E-state index in [1.807, 2.05) is 66.8 Å². The predicted octanol–water partition coefficient (Wildman–Crippen LogP) is 3.88. The number of ether oxygens (including phenoxy) is 1. The van der Waals surface area contributed by atoms with Crippen molar-refractivity contribution in [3.8, 4) is 0 Å². The van der Waals surface area contributed by atoms with Crippen molar-refractivity contribution in [2.24, 2.45) is 5.92 Å². The van der Waals surface area contributed by atoms with Gasteiger partial charge in [0.2, 0.25) is 0 Å². The van der Waals surface area contributed by atoms with Crippen LogP contribution in [-0.4, -0.2) is 17.9 Å². The Bertz CT molecular complexity index is 688. The Morgan fingerprint density at radius 3 is 2.46 bits per heavy atom. The molecule has 1 aliphatic heterocycles. The van der Waals surface area contributed by atoms with Gasteiger partial charge in [-0.05, 0) is 17.0 Å². The van der Waals surface area contributed by atoms with Crippen LogP contribution in [0.25, 0.3) is 0 Å².